The minimum atomic E-state index is 0.0226. The minimum Gasteiger partial charge on any atom is -0.494 e. The highest BCUT2D eigenvalue weighted by atomic mass is 16.5. The van der Waals surface area contributed by atoms with Gasteiger partial charge in [-0.1, -0.05) is 26.2 Å². The summed E-state index contributed by atoms with van der Waals surface area (Å²) in [7, 11) is 0. The van der Waals surface area contributed by atoms with Crippen LogP contribution in [0, 0.1) is 5.92 Å². The highest BCUT2D eigenvalue weighted by Crippen LogP contribution is 2.25. The fourth-order valence-electron chi connectivity index (χ4n) is 2.28. The van der Waals surface area contributed by atoms with Gasteiger partial charge in [0.1, 0.15) is 5.75 Å². The SMILES string of the molecule is CCCCCOc1ccc(C(=O)NCC2CCC2)cc1. The normalized spacial score (nSPS) is 14.7. The molecule has 1 amide bonds. The molecule has 0 aromatic heterocycles. The van der Waals surface area contributed by atoms with Crippen LogP contribution in [0.4, 0.5) is 0 Å². The van der Waals surface area contributed by atoms with Crippen LogP contribution < -0.4 is 10.1 Å². The molecule has 0 atom stereocenters. The standard InChI is InChI=1S/C17H25NO2/c1-2-3-4-12-20-16-10-8-15(9-11-16)17(19)18-13-14-6-5-7-14/h8-11,14H,2-7,12-13H2,1H3,(H,18,19). The lowest BCUT2D eigenvalue weighted by atomic mass is 9.85. The van der Waals surface area contributed by atoms with E-state index in [1.807, 2.05) is 24.3 Å². The summed E-state index contributed by atoms with van der Waals surface area (Å²) in [5.74, 6) is 1.56. The first-order valence-corrected chi connectivity index (χ1v) is 7.80. The molecule has 3 heteroatoms. The van der Waals surface area contributed by atoms with Gasteiger partial charge in [-0.05, 0) is 49.4 Å². The Balaban J connectivity index is 1.73. The first kappa shape index (κ1) is 14.9. The van der Waals surface area contributed by atoms with Crippen molar-refractivity contribution in [2.45, 2.75) is 45.4 Å². The smallest absolute Gasteiger partial charge is 0.251 e. The Morgan fingerprint density at radius 3 is 2.60 bits per heavy atom. The van der Waals surface area contributed by atoms with Crippen LogP contribution in [-0.2, 0) is 0 Å². The van der Waals surface area contributed by atoms with Gasteiger partial charge in [-0.25, -0.2) is 0 Å². The highest BCUT2D eigenvalue weighted by molar-refractivity contribution is 5.94. The van der Waals surface area contributed by atoms with Gasteiger partial charge in [-0.3, -0.25) is 4.79 Å². The summed E-state index contributed by atoms with van der Waals surface area (Å²) in [6, 6.07) is 7.44. The number of carbonyl (C=O) groups is 1. The molecule has 20 heavy (non-hydrogen) atoms. The van der Waals surface area contributed by atoms with Crippen molar-refractivity contribution in [2.75, 3.05) is 13.2 Å². The molecule has 1 fully saturated rings. The van der Waals surface area contributed by atoms with E-state index >= 15 is 0 Å². The maximum atomic E-state index is 11.9. The molecule has 1 saturated carbocycles. The van der Waals surface area contributed by atoms with Gasteiger partial charge in [0.25, 0.3) is 5.91 Å². The number of nitrogens with one attached hydrogen (secondary N) is 1. The van der Waals surface area contributed by atoms with E-state index in [4.69, 9.17) is 4.74 Å². The zero-order valence-corrected chi connectivity index (χ0v) is 12.4. The monoisotopic (exact) mass is 275 g/mol. The van der Waals surface area contributed by atoms with Gasteiger partial charge in [0.15, 0.2) is 0 Å². The quantitative estimate of drug-likeness (QED) is 0.733. The van der Waals surface area contributed by atoms with E-state index in [-0.39, 0.29) is 5.91 Å². The highest BCUT2D eigenvalue weighted by Gasteiger charge is 2.18. The average Bonchev–Trinajstić information content (AvgIpc) is 2.42. The lowest BCUT2D eigenvalue weighted by molar-refractivity contribution is 0.0939. The lowest BCUT2D eigenvalue weighted by Gasteiger charge is -2.25. The average molecular weight is 275 g/mol. The Kier molecular flexibility index (Phi) is 5.90. The van der Waals surface area contributed by atoms with Crippen molar-refractivity contribution in [3.8, 4) is 5.75 Å². The molecule has 0 saturated heterocycles. The molecule has 0 unspecified atom stereocenters. The molecule has 1 aliphatic carbocycles. The maximum absolute atomic E-state index is 11.9. The molecule has 3 nitrogen and oxygen atoms in total. The van der Waals surface area contributed by atoms with E-state index in [0.29, 0.717) is 11.5 Å². The van der Waals surface area contributed by atoms with Crippen LogP contribution in [0.5, 0.6) is 5.75 Å². The second kappa shape index (κ2) is 7.93. The van der Waals surface area contributed by atoms with Crippen molar-refractivity contribution in [1.82, 2.24) is 5.32 Å². The van der Waals surface area contributed by atoms with E-state index < -0.39 is 0 Å². The third-order valence-corrected chi connectivity index (χ3v) is 3.91. The molecule has 0 heterocycles. The number of rotatable bonds is 8. The lowest BCUT2D eigenvalue weighted by Crippen LogP contribution is -2.32. The van der Waals surface area contributed by atoms with Gasteiger partial charge in [-0.15, -0.1) is 0 Å². The molecule has 110 valence electrons. The molecule has 0 bridgehead atoms. The summed E-state index contributed by atoms with van der Waals surface area (Å²) in [6.45, 7) is 3.74. The second-order valence-corrected chi connectivity index (χ2v) is 5.59. The summed E-state index contributed by atoms with van der Waals surface area (Å²) in [6.07, 6.45) is 7.30. The molecule has 0 radical (unpaired) electrons. The minimum absolute atomic E-state index is 0.0226. The number of benzene rings is 1. The van der Waals surface area contributed by atoms with Crippen molar-refractivity contribution in [1.29, 1.82) is 0 Å². The van der Waals surface area contributed by atoms with E-state index in [0.717, 1.165) is 25.3 Å². The summed E-state index contributed by atoms with van der Waals surface area (Å²) in [4.78, 5) is 11.9. The molecule has 0 spiro atoms. The molecule has 1 aromatic carbocycles. The van der Waals surface area contributed by atoms with E-state index in [1.54, 1.807) is 0 Å². The Morgan fingerprint density at radius 2 is 2.00 bits per heavy atom. The summed E-state index contributed by atoms with van der Waals surface area (Å²) in [5.41, 5.74) is 0.713. The Bertz CT molecular complexity index is 410. The van der Waals surface area contributed by atoms with Gasteiger partial charge >= 0.3 is 0 Å². The summed E-state index contributed by atoms with van der Waals surface area (Å²) >= 11 is 0. The number of ether oxygens (including phenoxy) is 1. The second-order valence-electron chi connectivity index (χ2n) is 5.59. The number of carbonyl (C=O) groups excluding carboxylic acids is 1. The Hall–Kier alpha value is -1.51. The zero-order valence-electron chi connectivity index (χ0n) is 12.4. The van der Waals surface area contributed by atoms with Crippen molar-refractivity contribution < 1.29 is 9.53 Å². The summed E-state index contributed by atoms with van der Waals surface area (Å²) in [5, 5.41) is 3.00. The van der Waals surface area contributed by atoms with Gasteiger partial charge in [0, 0.05) is 12.1 Å². The van der Waals surface area contributed by atoms with Crippen molar-refractivity contribution in [3.05, 3.63) is 29.8 Å². The summed E-state index contributed by atoms with van der Waals surface area (Å²) < 4.78 is 5.64. The van der Waals surface area contributed by atoms with Crippen LogP contribution in [0.3, 0.4) is 0 Å². The number of hydrogen-bond donors (Lipinski definition) is 1. The predicted molar refractivity (Wildman–Crippen MR) is 81.1 cm³/mol. The zero-order chi connectivity index (χ0) is 14.2. The Morgan fingerprint density at radius 1 is 1.25 bits per heavy atom. The first-order valence-electron chi connectivity index (χ1n) is 7.80. The molecule has 0 aliphatic heterocycles. The number of amides is 1. The van der Waals surface area contributed by atoms with Gasteiger partial charge < -0.3 is 10.1 Å². The largest absolute Gasteiger partial charge is 0.494 e. The first-order chi connectivity index (χ1) is 9.79. The fraction of sp³-hybridized carbons (Fsp3) is 0.588. The van der Waals surface area contributed by atoms with Crippen LogP contribution in [0.25, 0.3) is 0 Å². The van der Waals surface area contributed by atoms with Gasteiger partial charge in [0.2, 0.25) is 0 Å². The Labute approximate surface area is 121 Å². The van der Waals surface area contributed by atoms with E-state index in [2.05, 4.69) is 12.2 Å². The molecular weight excluding hydrogens is 250 g/mol. The number of unbranched alkanes of at least 4 members (excludes halogenated alkanes) is 2. The van der Waals surface area contributed by atoms with Crippen LogP contribution in [0.1, 0.15) is 55.8 Å². The molecule has 1 aromatic rings. The predicted octanol–water partition coefficient (Wildman–Crippen LogP) is 3.79. The van der Waals surface area contributed by atoms with E-state index in [9.17, 15) is 4.79 Å². The molecular formula is C17H25NO2. The topological polar surface area (TPSA) is 38.3 Å². The van der Waals surface area contributed by atoms with Crippen molar-refractivity contribution >= 4 is 5.91 Å². The third kappa shape index (κ3) is 4.55. The number of hydrogen-bond acceptors (Lipinski definition) is 2. The maximum Gasteiger partial charge on any atom is 0.251 e. The van der Waals surface area contributed by atoms with Gasteiger partial charge in [-0.2, -0.15) is 0 Å². The molecule has 2 rings (SSSR count). The fourth-order valence-corrected chi connectivity index (χ4v) is 2.28. The molecule has 1 aliphatic rings. The van der Waals surface area contributed by atoms with Crippen molar-refractivity contribution in [3.63, 3.8) is 0 Å². The van der Waals surface area contributed by atoms with Crippen LogP contribution >= 0.6 is 0 Å². The van der Waals surface area contributed by atoms with Crippen LogP contribution in [0.2, 0.25) is 0 Å². The van der Waals surface area contributed by atoms with E-state index in [1.165, 1.54) is 32.1 Å². The van der Waals surface area contributed by atoms with Crippen LogP contribution in [0.15, 0.2) is 24.3 Å². The van der Waals surface area contributed by atoms with Crippen molar-refractivity contribution in [2.24, 2.45) is 5.92 Å². The molecule has 1 N–H and O–H groups in total. The van der Waals surface area contributed by atoms with Gasteiger partial charge in [0.05, 0.1) is 6.61 Å². The van der Waals surface area contributed by atoms with Crippen LogP contribution in [-0.4, -0.2) is 19.1 Å². The third-order valence-electron chi connectivity index (χ3n) is 3.91.